The van der Waals surface area contributed by atoms with E-state index in [1.165, 1.54) is 0 Å². The first-order chi connectivity index (χ1) is 3.77. The van der Waals surface area contributed by atoms with E-state index in [2.05, 4.69) is 0 Å². The summed E-state index contributed by atoms with van der Waals surface area (Å²) in [7, 11) is 0. The quantitative estimate of drug-likeness (QED) is 0.374. The SMILES string of the molecule is ClC(Cl)CCC[O][Ti]. The number of hydrogen-bond acceptors (Lipinski definition) is 1. The molecule has 0 atom stereocenters. The summed E-state index contributed by atoms with van der Waals surface area (Å²) < 4.78 is 4.77. The van der Waals surface area contributed by atoms with Crippen molar-refractivity contribution in [2.24, 2.45) is 0 Å². The molecular weight excluding hydrogens is 183 g/mol. The molecule has 0 aliphatic heterocycles. The molecule has 0 bridgehead atoms. The Morgan fingerprint density at radius 2 is 2.12 bits per heavy atom. The minimum absolute atomic E-state index is 0.231. The first-order valence-electron chi connectivity index (χ1n) is 2.34. The Kier molecular flexibility index (Phi) is 7.38. The Morgan fingerprint density at radius 3 is 2.50 bits per heavy atom. The Morgan fingerprint density at radius 1 is 1.50 bits per heavy atom. The van der Waals surface area contributed by atoms with Crippen molar-refractivity contribution >= 4 is 23.2 Å². The molecule has 0 saturated carbocycles. The maximum atomic E-state index is 5.42. The third-order valence-corrected chi connectivity index (χ3v) is 1.42. The number of rotatable bonds is 4. The maximum absolute atomic E-state index is 5.42. The number of alkyl halides is 2. The van der Waals surface area contributed by atoms with Crippen LogP contribution in [0.5, 0.6) is 0 Å². The van der Waals surface area contributed by atoms with Crippen LogP contribution in [0, 0.1) is 0 Å². The van der Waals surface area contributed by atoms with Crippen LogP contribution in [0.1, 0.15) is 12.8 Å². The summed E-state index contributed by atoms with van der Waals surface area (Å²) >= 11 is 12.5. The molecule has 0 N–H and O–H groups in total. The molecular formula is C4H7Cl2OTi. The van der Waals surface area contributed by atoms with Gasteiger partial charge in [-0.15, -0.1) is 0 Å². The summed E-state index contributed by atoms with van der Waals surface area (Å²) in [6.07, 6.45) is 1.76. The summed E-state index contributed by atoms with van der Waals surface area (Å²) in [6.45, 7) is 0.746. The van der Waals surface area contributed by atoms with Gasteiger partial charge in [0.2, 0.25) is 0 Å². The molecule has 0 fully saturated rings. The molecule has 0 unspecified atom stereocenters. The monoisotopic (exact) mass is 189 g/mol. The Labute approximate surface area is 71.6 Å². The van der Waals surface area contributed by atoms with E-state index in [9.17, 15) is 0 Å². The van der Waals surface area contributed by atoms with Crippen LogP contribution in [-0.4, -0.2) is 11.4 Å². The van der Waals surface area contributed by atoms with Crippen LogP contribution in [0.2, 0.25) is 0 Å². The van der Waals surface area contributed by atoms with Crippen molar-refractivity contribution < 1.29 is 24.1 Å². The van der Waals surface area contributed by atoms with Gasteiger partial charge in [0.15, 0.2) is 0 Å². The molecule has 0 radical (unpaired) electrons. The van der Waals surface area contributed by atoms with Crippen molar-refractivity contribution in [3.8, 4) is 0 Å². The van der Waals surface area contributed by atoms with E-state index in [-0.39, 0.29) is 4.84 Å². The molecule has 47 valence electrons. The van der Waals surface area contributed by atoms with Crippen LogP contribution < -0.4 is 0 Å². The zero-order chi connectivity index (χ0) is 6.41. The van der Waals surface area contributed by atoms with Gasteiger partial charge in [0.1, 0.15) is 0 Å². The number of hydrogen-bond donors (Lipinski definition) is 0. The van der Waals surface area contributed by atoms with Crippen molar-refractivity contribution in [2.75, 3.05) is 6.61 Å². The fourth-order valence-corrected chi connectivity index (χ4v) is 0.844. The van der Waals surface area contributed by atoms with Gasteiger partial charge >= 0.3 is 71.6 Å². The van der Waals surface area contributed by atoms with E-state index in [0.717, 1.165) is 19.4 Å². The minimum atomic E-state index is -0.231. The van der Waals surface area contributed by atoms with E-state index in [0.29, 0.717) is 0 Å². The van der Waals surface area contributed by atoms with Crippen molar-refractivity contribution in [1.29, 1.82) is 0 Å². The first-order valence-corrected chi connectivity index (χ1v) is 3.85. The molecule has 0 aromatic heterocycles. The molecule has 4 heteroatoms. The second-order valence-electron chi connectivity index (χ2n) is 1.38. The van der Waals surface area contributed by atoms with Gasteiger partial charge in [0.05, 0.1) is 0 Å². The topological polar surface area (TPSA) is 9.23 Å². The average molecular weight is 190 g/mol. The van der Waals surface area contributed by atoms with Crippen molar-refractivity contribution in [3.05, 3.63) is 0 Å². The molecule has 8 heavy (non-hydrogen) atoms. The predicted molar refractivity (Wildman–Crippen MR) is 30.7 cm³/mol. The van der Waals surface area contributed by atoms with Gasteiger partial charge < -0.3 is 0 Å². The summed E-state index contributed by atoms with van der Waals surface area (Å²) in [5.41, 5.74) is 0. The molecule has 0 aromatic rings. The second kappa shape index (κ2) is 6.38. The van der Waals surface area contributed by atoms with Crippen LogP contribution in [0.25, 0.3) is 0 Å². The molecule has 0 aliphatic carbocycles. The molecule has 1 nitrogen and oxygen atoms in total. The van der Waals surface area contributed by atoms with E-state index < -0.39 is 0 Å². The molecule has 0 amide bonds. The van der Waals surface area contributed by atoms with Gasteiger partial charge in [-0.05, 0) is 0 Å². The Balaban J connectivity index is 2.72. The van der Waals surface area contributed by atoms with Crippen LogP contribution >= 0.6 is 23.2 Å². The summed E-state index contributed by atoms with van der Waals surface area (Å²) in [4.78, 5) is -0.231. The zero-order valence-corrected chi connectivity index (χ0v) is 7.44. The van der Waals surface area contributed by atoms with Gasteiger partial charge in [-0.1, -0.05) is 0 Å². The van der Waals surface area contributed by atoms with Gasteiger partial charge in [-0.3, -0.25) is 0 Å². The zero-order valence-electron chi connectivity index (χ0n) is 4.36. The standard InChI is InChI=1S/C4H7Cl2O.Ti/c5-4(6)2-1-3-7;/h4H,1-3H2;/q-1;+1. The van der Waals surface area contributed by atoms with Gasteiger partial charge in [-0.2, -0.15) is 0 Å². The van der Waals surface area contributed by atoms with E-state index in [1.54, 1.807) is 20.8 Å². The second-order valence-corrected chi connectivity index (χ2v) is 3.11. The molecule has 0 aromatic carbocycles. The third-order valence-electron chi connectivity index (χ3n) is 0.669. The molecule has 0 heterocycles. The Hall–Kier alpha value is 1.25. The molecule has 0 saturated heterocycles. The van der Waals surface area contributed by atoms with Gasteiger partial charge in [0, 0.05) is 0 Å². The first kappa shape index (κ1) is 9.25. The normalized spacial score (nSPS) is 10.2. The van der Waals surface area contributed by atoms with E-state index >= 15 is 0 Å². The Bertz CT molecular complexity index is 51.3. The van der Waals surface area contributed by atoms with E-state index in [4.69, 9.17) is 26.5 Å². The van der Waals surface area contributed by atoms with Crippen molar-refractivity contribution in [1.82, 2.24) is 0 Å². The van der Waals surface area contributed by atoms with Gasteiger partial charge in [0.25, 0.3) is 0 Å². The number of halogens is 2. The fourth-order valence-electron chi connectivity index (χ4n) is 0.310. The van der Waals surface area contributed by atoms with Crippen molar-refractivity contribution in [3.63, 3.8) is 0 Å². The van der Waals surface area contributed by atoms with Crippen molar-refractivity contribution in [2.45, 2.75) is 17.7 Å². The summed E-state index contributed by atoms with van der Waals surface area (Å²) in [6, 6.07) is 0. The predicted octanol–water partition coefficient (Wildman–Crippen LogP) is 2.05. The molecule has 0 spiro atoms. The van der Waals surface area contributed by atoms with Crippen LogP contribution in [0.3, 0.4) is 0 Å². The van der Waals surface area contributed by atoms with E-state index in [1.807, 2.05) is 0 Å². The molecule has 0 rings (SSSR count). The third kappa shape index (κ3) is 7.25. The van der Waals surface area contributed by atoms with Crippen LogP contribution in [-0.2, 0) is 24.1 Å². The van der Waals surface area contributed by atoms with Crippen LogP contribution in [0.4, 0.5) is 0 Å². The summed E-state index contributed by atoms with van der Waals surface area (Å²) in [5, 5.41) is 0. The summed E-state index contributed by atoms with van der Waals surface area (Å²) in [5.74, 6) is 0. The van der Waals surface area contributed by atoms with Gasteiger partial charge in [-0.25, -0.2) is 0 Å². The fraction of sp³-hybridized carbons (Fsp3) is 1.00. The molecule has 0 aliphatic rings. The average Bonchev–Trinajstić information content (AvgIpc) is 1.66. The van der Waals surface area contributed by atoms with Crippen LogP contribution in [0.15, 0.2) is 0 Å².